The van der Waals surface area contributed by atoms with Crippen molar-refractivity contribution in [2.75, 3.05) is 13.2 Å². The average molecular weight is 268 g/mol. The first-order valence-corrected chi connectivity index (χ1v) is 7.24. The highest BCUT2D eigenvalue weighted by molar-refractivity contribution is 4.87. The van der Waals surface area contributed by atoms with Crippen molar-refractivity contribution in [3.63, 3.8) is 0 Å². The van der Waals surface area contributed by atoms with E-state index in [1.807, 2.05) is 18.5 Å². The van der Waals surface area contributed by atoms with Gasteiger partial charge in [0.2, 0.25) is 0 Å². The molecule has 0 fully saturated rings. The van der Waals surface area contributed by atoms with Gasteiger partial charge >= 0.3 is 0 Å². The smallest absolute Gasteiger partial charge is 0.147 e. The van der Waals surface area contributed by atoms with Crippen LogP contribution in [0.5, 0.6) is 0 Å². The summed E-state index contributed by atoms with van der Waals surface area (Å²) in [7, 11) is 0. The van der Waals surface area contributed by atoms with Crippen LogP contribution in [0, 0.1) is 13.8 Å². The van der Waals surface area contributed by atoms with Crippen LogP contribution in [-0.4, -0.2) is 38.6 Å². The number of nitrogens with one attached hydrogen (secondary N) is 1. The Morgan fingerprint density at radius 2 is 2.05 bits per heavy atom. The number of aliphatic hydroxyl groups is 1. The van der Waals surface area contributed by atoms with Gasteiger partial charge in [0.05, 0.1) is 6.61 Å². The maximum atomic E-state index is 9.49. The Labute approximate surface area is 116 Å². The molecule has 0 spiro atoms. The molecular weight excluding hydrogens is 240 g/mol. The molecule has 0 aromatic carbocycles. The zero-order chi connectivity index (χ0) is 14.3. The van der Waals surface area contributed by atoms with E-state index >= 15 is 0 Å². The van der Waals surface area contributed by atoms with Gasteiger partial charge in [-0.25, -0.2) is 4.98 Å². The molecule has 5 nitrogen and oxygen atoms in total. The molecule has 0 aliphatic heterocycles. The van der Waals surface area contributed by atoms with E-state index in [2.05, 4.69) is 29.2 Å². The van der Waals surface area contributed by atoms with Crippen molar-refractivity contribution in [1.29, 1.82) is 0 Å². The summed E-state index contributed by atoms with van der Waals surface area (Å²) in [4.78, 5) is 4.29. The van der Waals surface area contributed by atoms with E-state index in [9.17, 15) is 5.11 Å². The van der Waals surface area contributed by atoms with E-state index in [-0.39, 0.29) is 12.1 Å². The SMILES string of the molecule is CCCNC(C)(CO)CCCCn1nc(C)nc1C. The van der Waals surface area contributed by atoms with Crippen molar-refractivity contribution in [3.8, 4) is 0 Å². The number of hydrogen-bond acceptors (Lipinski definition) is 4. The van der Waals surface area contributed by atoms with Gasteiger partial charge in [-0.05, 0) is 53.0 Å². The standard InChI is InChI=1S/C14H28N4O/c1-5-9-15-14(4,11-19)8-6-7-10-18-13(3)16-12(2)17-18/h15,19H,5-11H2,1-4H3. The fraction of sp³-hybridized carbons (Fsp3) is 0.857. The van der Waals surface area contributed by atoms with Gasteiger partial charge in [-0.3, -0.25) is 4.68 Å². The summed E-state index contributed by atoms with van der Waals surface area (Å²) in [6, 6.07) is 0. The van der Waals surface area contributed by atoms with Gasteiger partial charge in [0.15, 0.2) is 0 Å². The van der Waals surface area contributed by atoms with Gasteiger partial charge < -0.3 is 10.4 Å². The number of rotatable bonds is 9. The highest BCUT2D eigenvalue weighted by Crippen LogP contribution is 2.14. The Balaban J connectivity index is 2.31. The fourth-order valence-corrected chi connectivity index (χ4v) is 2.20. The topological polar surface area (TPSA) is 63.0 Å². The first-order valence-electron chi connectivity index (χ1n) is 7.24. The van der Waals surface area contributed by atoms with Crippen LogP contribution in [0.2, 0.25) is 0 Å². The quantitative estimate of drug-likeness (QED) is 0.671. The number of unbranched alkanes of at least 4 members (excludes halogenated alkanes) is 1. The van der Waals surface area contributed by atoms with Crippen molar-refractivity contribution < 1.29 is 5.11 Å². The summed E-state index contributed by atoms with van der Waals surface area (Å²) in [5.41, 5.74) is -0.149. The molecule has 19 heavy (non-hydrogen) atoms. The first-order chi connectivity index (χ1) is 9.00. The Bertz CT molecular complexity index is 378. The third-order valence-corrected chi connectivity index (χ3v) is 3.46. The lowest BCUT2D eigenvalue weighted by molar-refractivity contribution is 0.162. The fourth-order valence-electron chi connectivity index (χ4n) is 2.20. The summed E-state index contributed by atoms with van der Waals surface area (Å²) < 4.78 is 1.96. The molecule has 1 heterocycles. The molecule has 0 aliphatic carbocycles. The highest BCUT2D eigenvalue weighted by atomic mass is 16.3. The van der Waals surface area contributed by atoms with Crippen LogP contribution < -0.4 is 5.32 Å². The third-order valence-electron chi connectivity index (χ3n) is 3.46. The normalized spacial score (nSPS) is 14.6. The maximum Gasteiger partial charge on any atom is 0.147 e. The Hall–Kier alpha value is -0.940. The van der Waals surface area contributed by atoms with Gasteiger partial charge in [-0.15, -0.1) is 0 Å². The molecule has 0 aliphatic rings. The minimum Gasteiger partial charge on any atom is -0.394 e. The largest absolute Gasteiger partial charge is 0.394 e. The third kappa shape index (κ3) is 5.28. The lowest BCUT2D eigenvalue weighted by Crippen LogP contribution is -2.46. The molecule has 1 rings (SSSR count). The van der Waals surface area contributed by atoms with Gasteiger partial charge in [0.25, 0.3) is 0 Å². The van der Waals surface area contributed by atoms with E-state index in [1.165, 1.54) is 0 Å². The van der Waals surface area contributed by atoms with Crippen LogP contribution in [0.4, 0.5) is 0 Å². The lowest BCUT2D eigenvalue weighted by Gasteiger charge is -2.28. The number of hydrogen-bond donors (Lipinski definition) is 2. The number of aromatic nitrogens is 3. The second-order valence-corrected chi connectivity index (χ2v) is 5.53. The lowest BCUT2D eigenvalue weighted by atomic mass is 9.95. The Morgan fingerprint density at radius 1 is 1.32 bits per heavy atom. The van der Waals surface area contributed by atoms with Gasteiger partial charge in [-0.2, -0.15) is 5.10 Å². The van der Waals surface area contributed by atoms with Crippen LogP contribution in [0.3, 0.4) is 0 Å². The van der Waals surface area contributed by atoms with Crippen molar-refractivity contribution in [3.05, 3.63) is 11.6 Å². The Morgan fingerprint density at radius 3 is 2.58 bits per heavy atom. The van der Waals surface area contributed by atoms with Crippen molar-refractivity contribution in [2.45, 2.75) is 65.5 Å². The van der Waals surface area contributed by atoms with E-state index < -0.39 is 0 Å². The second kappa shape index (κ2) is 7.60. The number of aryl methyl sites for hydroxylation is 3. The van der Waals surface area contributed by atoms with Crippen LogP contribution in [0.25, 0.3) is 0 Å². The minimum absolute atomic E-state index is 0.149. The van der Waals surface area contributed by atoms with E-state index in [0.717, 1.165) is 50.4 Å². The number of nitrogens with zero attached hydrogens (tertiary/aromatic N) is 3. The maximum absolute atomic E-state index is 9.49. The molecule has 1 unspecified atom stereocenters. The zero-order valence-electron chi connectivity index (χ0n) is 12.7. The first kappa shape index (κ1) is 16.1. The zero-order valence-corrected chi connectivity index (χ0v) is 12.7. The van der Waals surface area contributed by atoms with Crippen LogP contribution in [-0.2, 0) is 6.54 Å². The van der Waals surface area contributed by atoms with Crippen LogP contribution >= 0.6 is 0 Å². The summed E-state index contributed by atoms with van der Waals surface area (Å²) in [6.07, 6.45) is 4.21. The molecular formula is C14H28N4O. The molecule has 0 saturated heterocycles. The molecule has 0 bridgehead atoms. The van der Waals surface area contributed by atoms with Crippen LogP contribution in [0.15, 0.2) is 0 Å². The predicted octanol–water partition coefficient (Wildman–Crippen LogP) is 1.82. The molecule has 0 saturated carbocycles. The number of aliphatic hydroxyl groups excluding tert-OH is 1. The van der Waals surface area contributed by atoms with Crippen LogP contribution in [0.1, 0.15) is 51.2 Å². The molecule has 0 radical (unpaired) electrons. The van der Waals surface area contributed by atoms with Crippen molar-refractivity contribution in [1.82, 2.24) is 20.1 Å². The minimum atomic E-state index is -0.149. The summed E-state index contributed by atoms with van der Waals surface area (Å²) in [5.74, 6) is 1.81. The van der Waals surface area contributed by atoms with E-state index in [4.69, 9.17) is 0 Å². The highest BCUT2D eigenvalue weighted by Gasteiger charge is 2.21. The van der Waals surface area contributed by atoms with E-state index in [1.54, 1.807) is 0 Å². The molecule has 2 N–H and O–H groups in total. The van der Waals surface area contributed by atoms with Crippen molar-refractivity contribution in [2.24, 2.45) is 0 Å². The molecule has 1 aromatic rings. The van der Waals surface area contributed by atoms with Gasteiger partial charge in [0.1, 0.15) is 11.6 Å². The second-order valence-electron chi connectivity index (χ2n) is 5.53. The Kier molecular flexibility index (Phi) is 6.45. The molecule has 1 aromatic heterocycles. The van der Waals surface area contributed by atoms with Crippen molar-refractivity contribution >= 4 is 0 Å². The molecule has 0 amide bonds. The van der Waals surface area contributed by atoms with E-state index in [0.29, 0.717) is 0 Å². The molecule has 110 valence electrons. The van der Waals surface area contributed by atoms with Gasteiger partial charge in [-0.1, -0.05) is 6.92 Å². The molecule has 1 atom stereocenters. The average Bonchev–Trinajstić information content (AvgIpc) is 2.71. The summed E-state index contributed by atoms with van der Waals surface area (Å²) in [6.45, 7) is 10.2. The summed E-state index contributed by atoms with van der Waals surface area (Å²) >= 11 is 0. The predicted molar refractivity (Wildman–Crippen MR) is 77.1 cm³/mol. The van der Waals surface area contributed by atoms with Gasteiger partial charge in [0, 0.05) is 12.1 Å². The summed E-state index contributed by atoms with van der Waals surface area (Å²) in [5, 5.41) is 17.3. The molecule has 5 heteroatoms. The monoisotopic (exact) mass is 268 g/mol.